The van der Waals surface area contributed by atoms with Crippen molar-refractivity contribution in [3.05, 3.63) is 94.9 Å². The van der Waals surface area contributed by atoms with Crippen molar-refractivity contribution >= 4 is 28.5 Å². The Morgan fingerprint density at radius 1 is 0.972 bits per heavy atom. The fraction of sp³-hybridized carbons (Fsp3) is 0.172. The van der Waals surface area contributed by atoms with Gasteiger partial charge in [-0.05, 0) is 73.7 Å². The van der Waals surface area contributed by atoms with E-state index in [1.165, 1.54) is 0 Å². The summed E-state index contributed by atoms with van der Waals surface area (Å²) >= 11 is 0. The molecule has 2 heterocycles. The van der Waals surface area contributed by atoms with Gasteiger partial charge in [0.05, 0.1) is 33.7 Å². The van der Waals surface area contributed by atoms with Gasteiger partial charge in [0.25, 0.3) is 0 Å². The van der Waals surface area contributed by atoms with Crippen LogP contribution < -0.4 is 5.32 Å². The maximum Gasteiger partial charge on any atom is 0.337 e. The smallest absolute Gasteiger partial charge is 0.337 e. The number of hydrogen-bond donors (Lipinski definition) is 2. The van der Waals surface area contributed by atoms with Crippen molar-refractivity contribution in [1.29, 1.82) is 0 Å². The molecular weight excluding hydrogens is 450 g/mol. The molecule has 2 N–H and O–H groups in total. The van der Waals surface area contributed by atoms with E-state index in [0.29, 0.717) is 17.9 Å². The highest BCUT2D eigenvalue weighted by molar-refractivity contribution is 5.98. The summed E-state index contributed by atoms with van der Waals surface area (Å²) in [6, 6.07) is 17.7. The van der Waals surface area contributed by atoms with Gasteiger partial charge in [0.2, 0.25) is 0 Å². The molecule has 0 aliphatic heterocycles. The predicted octanol–water partition coefficient (Wildman–Crippen LogP) is 6.41. The number of benzene rings is 3. The van der Waals surface area contributed by atoms with Crippen LogP contribution in [0.4, 0.5) is 11.5 Å². The molecule has 36 heavy (non-hydrogen) atoms. The monoisotopic (exact) mass is 477 g/mol. The molecule has 0 bridgehead atoms. The van der Waals surface area contributed by atoms with Crippen molar-refractivity contribution in [1.82, 2.24) is 19.7 Å². The van der Waals surface area contributed by atoms with Crippen molar-refractivity contribution in [3.63, 3.8) is 0 Å². The Hall–Kier alpha value is -4.52. The molecule has 0 saturated heterocycles. The number of carbonyl (C=O) groups is 1. The van der Waals surface area contributed by atoms with Gasteiger partial charge in [0.1, 0.15) is 5.82 Å². The Labute approximate surface area is 209 Å². The summed E-state index contributed by atoms with van der Waals surface area (Å²) < 4.78 is 1.87. The van der Waals surface area contributed by atoms with Crippen LogP contribution in [0.2, 0.25) is 0 Å². The number of rotatable bonds is 6. The SMILES string of the molecule is CCc1cc(C)cc(C(=O)O)c1Nc1c(-c2ccc3nccnc3c2)c(C)nn1-c1ccccc1C. The molecule has 180 valence electrons. The van der Waals surface area contributed by atoms with Gasteiger partial charge in [-0.3, -0.25) is 9.97 Å². The topological polar surface area (TPSA) is 92.9 Å². The Balaban J connectivity index is 1.79. The van der Waals surface area contributed by atoms with Gasteiger partial charge in [-0.1, -0.05) is 37.3 Å². The summed E-state index contributed by atoms with van der Waals surface area (Å²) in [5.74, 6) is -0.275. The Kier molecular flexibility index (Phi) is 5.98. The van der Waals surface area contributed by atoms with Crippen LogP contribution in [0.1, 0.15) is 39.7 Å². The molecule has 5 aromatic rings. The van der Waals surface area contributed by atoms with Crippen LogP contribution in [0.3, 0.4) is 0 Å². The molecule has 0 aliphatic rings. The van der Waals surface area contributed by atoms with Crippen molar-refractivity contribution in [2.45, 2.75) is 34.1 Å². The number of hydrogen-bond acceptors (Lipinski definition) is 5. The standard InChI is InChI=1S/C29H27N5O2/c1-5-20-14-17(2)15-22(29(35)36)27(20)32-28-26(21-10-11-23-24(16-21)31-13-12-30-23)19(4)33-34(28)25-9-7-6-8-18(25)3/h6-16,32H,5H2,1-4H3,(H,35,36). The maximum absolute atomic E-state index is 12.3. The maximum atomic E-state index is 12.3. The van der Waals surface area contributed by atoms with E-state index in [4.69, 9.17) is 5.10 Å². The first kappa shape index (κ1) is 23.2. The Morgan fingerprint density at radius 2 is 1.72 bits per heavy atom. The lowest BCUT2D eigenvalue weighted by atomic mass is 10.00. The largest absolute Gasteiger partial charge is 0.478 e. The van der Waals surface area contributed by atoms with Gasteiger partial charge < -0.3 is 10.4 Å². The van der Waals surface area contributed by atoms with Crippen LogP contribution in [0.25, 0.3) is 27.8 Å². The highest BCUT2D eigenvalue weighted by atomic mass is 16.4. The fourth-order valence-electron chi connectivity index (χ4n) is 4.66. The van der Waals surface area contributed by atoms with Crippen molar-refractivity contribution in [2.75, 3.05) is 5.32 Å². The molecule has 0 saturated carbocycles. The summed E-state index contributed by atoms with van der Waals surface area (Å²) in [6.07, 6.45) is 4.03. The minimum Gasteiger partial charge on any atom is -0.478 e. The summed E-state index contributed by atoms with van der Waals surface area (Å²) in [4.78, 5) is 21.1. The molecule has 5 rings (SSSR count). The lowest BCUT2D eigenvalue weighted by Gasteiger charge is -2.19. The first-order chi connectivity index (χ1) is 17.4. The number of anilines is 2. The Morgan fingerprint density at radius 3 is 2.44 bits per heavy atom. The first-order valence-electron chi connectivity index (χ1n) is 11.9. The summed E-state index contributed by atoms with van der Waals surface area (Å²) in [7, 11) is 0. The molecule has 0 aliphatic carbocycles. The van der Waals surface area contributed by atoms with Crippen LogP contribution in [0.5, 0.6) is 0 Å². The van der Waals surface area contributed by atoms with Gasteiger partial charge in [-0.25, -0.2) is 9.48 Å². The quantitative estimate of drug-likeness (QED) is 0.293. The number of aryl methyl sites for hydroxylation is 4. The molecule has 0 spiro atoms. The zero-order chi connectivity index (χ0) is 25.4. The average Bonchev–Trinajstić information content (AvgIpc) is 3.19. The number of para-hydroxylation sites is 1. The lowest BCUT2D eigenvalue weighted by Crippen LogP contribution is -2.10. The second-order valence-corrected chi connectivity index (χ2v) is 8.90. The molecule has 0 fully saturated rings. The molecule has 7 heteroatoms. The predicted molar refractivity (Wildman–Crippen MR) is 142 cm³/mol. The number of nitrogens with zero attached hydrogens (tertiary/aromatic N) is 4. The normalized spacial score (nSPS) is 11.1. The third-order valence-corrected chi connectivity index (χ3v) is 6.38. The molecule has 0 radical (unpaired) electrons. The van der Waals surface area contributed by atoms with Gasteiger partial charge in [-0.2, -0.15) is 5.10 Å². The molecule has 2 aromatic heterocycles. The van der Waals surface area contributed by atoms with Crippen LogP contribution in [0.15, 0.2) is 67.0 Å². The third-order valence-electron chi connectivity index (χ3n) is 6.38. The molecule has 7 nitrogen and oxygen atoms in total. The van der Waals surface area contributed by atoms with Gasteiger partial charge >= 0.3 is 5.97 Å². The third kappa shape index (κ3) is 4.09. The number of nitrogens with one attached hydrogen (secondary N) is 1. The molecular formula is C29H27N5O2. The second kappa shape index (κ2) is 9.26. The van der Waals surface area contributed by atoms with E-state index in [0.717, 1.165) is 50.2 Å². The fourth-order valence-corrected chi connectivity index (χ4v) is 4.66. The second-order valence-electron chi connectivity index (χ2n) is 8.90. The molecule has 0 amide bonds. The van der Waals surface area contributed by atoms with Crippen LogP contribution in [0, 0.1) is 20.8 Å². The van der Waals surface area contributed by atoms with E-state index < -0.39 is 5.97 Å². The number of aromatic nitrogens is 4. The molecule has 3 aromatic carbocycles. The van der Waals surface area contributed by atoms with Crippen molar-refractivity contribution < 1.29 is 9.90 Å². The molecule has 0 atom stereocenters. The highest BCUT2D eigenvalue weighted by Gasteiger charge is 2.23. The summed E-state index contributed by atoms with van der Waals surface area (Å²) in [5.41, 5.74) is 8.81. The van der Waals surface area contributed by atoms with E-state index >= 15 is 0 Å². The van der Waals surface area contributed by atoms with E-state index in [1.807, 2.05) is 80.9 Å². The number of carboxylic acid groups (broad SMARTS) is 1. The van der Waals surface area contributed by atoms with Crippen LogP contribution in [-0.2, 0) is 6.42 Å². The minimum absolute atomic E-state index is 0.234. The number of aromatic carboxylic acids is 1. The van der Waals surface area contributed by atoms with E-state index in [-0.39, 0.29) is 5.56 Å². The van der Waals surface area contributed by atoms with Gasteiger partial charge in [0, 0.05) is 18.0 Å². The molecule has 0 unspecified atom stereocenters. The van der Waals surface area contributed by atoms with Crippen LogP contribution >= 0.6 is 0 Å². The number of fused-ring (bicyclic) bond motifs is 1. The van der Waals surface area contributed by atoms with Crippen molar-refractivity contribution in [3.8, 4) is 16.8 Å². The van der Waals surface area contributed by atoms with E-state index in [1.54, 1.807) is 18.5 Å². The Bertz CT molecular complexity index is 1620. The van der Waals surface area contributed by atoms with Crippen LogP contribution in [-0.4, -0.2) is 30.8 Å². The van der Waals surface area contributed by atoms with E-state index in [2.05, 4.69) is 15.3 Å². The average molecular weight is 478 g/mol. The van der Waals surface area contributed by atoms with Gasteiger partial charge in [-0.15, -0.1) is 0 Å². The highest BCUT2D eigenvalue weighted by Crippen LogP contribution is 2.38. The lowest BCUT2D eigenvalue weighted by molar-refractivity contribution is 0.0697. The zero-order valence-corrected chi connectivity index (χ0v) is 20.7. The first-order valence-corrected chi connectivity index (χ1v) is 11.9. The van der Waals surface area contributed by atoms with E-state index in [9.17, 15) is 9.90 Å². The minimum atomic E-state index is -0.975. The summed E-state index contributed by atoms with van der Waals surface area (Å²) in [5, 5.41) is 18.5. The zero-order valence-electron chi connectivity index (χ0n) is 20.7. The summed E-state index contributed by atoms with van der Waals surface area (Å²) in [6.45, 7) is 7.94. The van der Waals surface area contributed by atoms with Gasteiger partial charge in [0.15, 0.2) is 0 Å². The number of carboxylic acids is 1. The van der Waals surface area contributed by atoms with Crippen molar-refractivity contribution in [2.24, 2.45) is 0 Å².